The fourth-order valence-electron chi connectivity index (χ4n) is 2.96. The molecule has 26 heavy (non-hydrogen) atoms. The smallest absolute Gasteiger partial charge is 0.232 e. The Morgan fingerprint density at radius 2 is 2.19 bits per heavy atom. The molecule has 1 fully saturated rings. The van der Waals surface area contributed by atoms with E-state index in [0.717, 1.165) is 5.69 Å². The summed E-state index contributed by atoms with van der Waals surface area (Å²) in [5, 5.41) is 7.19. The van der Waals surface area contributed by atoms with E-state index in [1.807, 2.05) is 38.2 Å². The van der Waals surface area contributed by atoms with Gasteiger partial charge in [-0.25, -0.2) is 0 Å². The number of hydrogen-bond donors (Lipinski definition) is 1. The van der Waals surface area contributed by atoms with Crippen LogP contribution in [-0.2, 0) is 11.2 Å². The van der Waals surface area contributed by atoms with Crippen molar-refractivity contribution in [1.82, 2.24) is 15.5 Å². The highest BCUT2D eigenvalue weighted by Crippen LogP contribution is 2.36. The van der Waals surface area contributed by atoms with E-state index in [1.54, 1.807) is 4.90 Å². The molecular formula is C18H25ClN4O3. The maximum atomic E-state index is 12.5. The monoisotopic (exact) mass is 380 g/mol. The molecule has 0 saturated carbocycles. The van der Waals surface area contributed by atoms with Gasteiger partial charge in [0.25, 0.3) is 0 Å². The first-order valence-electron chi connectivity index (χ1n) is 8.64. The van der Waals surface area contributed by atoms with Crippen LogP contribution in [0.2, 0.25) is 0 Å². The van der Waals surface area contributed by atoms with Gasteiger partial charge in [0, 0.05) is 25.4 Å². The van der Waals surface area contributed by atoms with Gasteiger partial charge in [0.05, 0.1) is 18.2 Å². The summed E-state index contributed by atoms with van der Waals surface area (Å²) in [5.41, 5.74) is 0.792. The van der Waals surface area contributed by atoms with Crippen LogP contribution in [0.25, 0.3) is 0 Å². The van der Waals surface area contributed by atoms with Gasteiger partial charge in [-0.05, 0) is 33.0 Å². The van der Waals surface area contributed by atoms with Crippen molar-refractivity contribution in [3.63, 3.8) is 0 Å². The van der Waals surface area contributed by atoms with Crippen molar-refractivity contribution in [2.24, 2.45) is 0 Å². The van der Waals surface area contributed by atoms with Crippen LogP contribution >= 0.6 is 12.4 Å². The first-order chi connectivity index (χ1) is 12.1. The van der Waals surface area contributed by atoms with Gasteiger partial charge in [0.15, 0.2) is 5.82 Å². The van der Waals surface area contributed by atoms with E-state index in [9.17, 15) is 4.79 Å². The van der Waals surface area contributed by atoms with E-state index < -0.39 is 0 Å². The molecule has 3 rings (SSSR count). The molecule has 2 unspecified atom stereocenters. The summed E-state index contributed by atoms with van der Waals surface area (Å²) < 4.78 is 11.1. The van der Waals surface area contributed by atoms with Crippen LogP contribution in [0.15, 0.2) is 28.8 Å². The minimum atomic E-state index is -0.0895. The molecule has 0 spiro atoms. The third kappa shape index (κ3) is 4.34. The number of rotatable bonds is 7. The topological polar surface area (TPSA) is 80.5 Å². The molecule has 1 amide bonds. The Balaban J connectivity index is 0.00000243. The molecule has 7 nitrogen and oxygen atoms in total. The fraction of sp³-hybridized carbons (Fsp3) is 0.500. The number of halogens is 1. The number of amides is 1. The van der Waals surface area contributed by atoms with E-state index in [-0.39, 0.29) is 30.3 Å². The summed E-state index contributed by atoms with van der Waals surface area (Å²) in [6.45, 7) is 5.06. The average molecular weight is 381 g/mol. The number of para-hydroxylation sites is 2. The predicted octanol–water partition coefficient (Wildman–Crippen LogP) is 2.56. The summed E-state index contributed by atoms with van der Waals surface area (Å²) in [4.78, 5) is 18.7. The van der Waals surface area contributed by atoms with Crippen molar-refractivity contribution in [3.05, 3.63) is 36.0 Å². The molecule has 0 bridgehead atoms. The zero-order valence-corrected chi connectivity index (χ0v) is 16.1. The summed E-state index contributed by atoms with van der Waals surface area (Å²) in [6, 6.07) is 7.86. The number of anilines is 1. The lowest BCUT2D eigenvalue weighted by Crippen LogP contribution is -2.25. The normalized spacial score (nSPS) is 17.9. The lowest BCUT2D eigenvalue weighted by Gasteiger charge is -2.19. The standard InChI is InChI=1S/C18H24N4O3.ClH/c1-4-24-15-8-6-5-7-14(15)22-11-13(10-17(22)23)18-20-16(21-25-18)9-12(2)19-3;/h5-8,12-13,19H,4,9-11H2,1-3H3;1H. The van der Waals surface area contributed by atoms with Crippen LogP contribution < -0.4 is 15.0 Å². The Morgan fingerprint density at radius 1 is 1.42 bits per heavy atom. The predicted molar refractivity (Wildman–Crippen MR) is 101 cm³/mol. The molecule has 1 N–H and O–H groups in total. The number of ether oxygens (including phenoxy) is 1. The number of carbonyl (C=O) groups excluding carboxylic acids is 1. The highest BCUT2D eigenvalue weighted by Gasteiger charge is 2.36. The summed E-state index contributed by atoms with van der Waals surface area (Å²) in [5.74, 6) is 1.86. The van der Waals surface area contributed by atoms with Crippen molar-refractivity contribution < 1.29 is 14.1 Å². The number of nitrogens with one attached hydrogen (secondary N) is 1. The highest BCUT2D eigenvalue weighted by atomic mass is 35.5. The molecule has 1 aromatic heterocycles. The number of benzene rings is 1. The minimum Gasteiger partial charge on any atom is -0.492 e. The number of aromatic nitrogens is 2. The summed E-state index contributed by atoms with van der Waals surface area (Å²) in [6.07, 6.45) is 1.06. The average Bonchev–Trinajstić information content (AvgIpc) is 3.22. The van der Waals surface area contributed by atoms with Gasteiger partial charge in [-0.3, -0.25) is 4.79 Å². The zero-order chi connectivity index (χ0) is 17.8. The lowest BCUT2D eigenvalue weighted by atomic mass is 10.1. The van der Waals surface area contributed by atoms with Crippen molar-refractivity contribution in [2.75, 3.05) is 25.1 Å². The molecule has 1 aliphatic rings. The first kappa shape index (κ1) is 20.2. The van der Waals surface area contributed by atoms with E-state index in [2.05, 4.69) is 22.4 Å². The highest BCUT2D eigenvalue weighted by molar-refractivity contribution is 5.97. The van der Waals surface area contributed by atoms with E-state index in [1.165, 1.54) is 0 Å². The van der Waals surface area contributed by atoms with Crippen LogP contribution in [0.1, 0.15) is 37.9 Å². The third-order valence-corrected chi connectivity index (χ3v) is 4.40. The summed E-state index contributed by atoms with van der Waals surface area (Å²) in [7, 11) is 1.90. The second-order valence-corrected chi connectivity index (χ2v) is 6.25. The second kappa shape index (κ2) is 9.00. The quantitative estimate of drug-likeness (QED) is 0.795. The van der Waals surface area contributed by atoms with Gasteiger partial charge < -0.3 is 19.5 Å². The minimum absolute atomic E-state index is 0. The maximum Gasteiger partial charge on any atom is 0.232 e. The van der Waals surface area contributed by atoms with Crippen molar-refractivity contribution in [1.29, 1.82) is 0 Å². The van der Waals surface area contributed by atoms with Crippen LogP contribution in [0.3, 0.4) is 0 Å². The Hall–Kier alpha value is -2.12. The Kier molecular flexibility index (Phi) is 6.99. The molecular weight excluding hydrogens is 356 g/mol. The van der Waals surface area contributed by atoms with E-state index >= 15 is 0 Å². The Bertz CT molecular complexity index is 737. The van der Waals surface area contributed by atoms with Crippen LogP contribution in [0.5, 0.6) is 5.75 Å². The van der Waals surface area contributed by atoms with Gasteiger partial charge in [-0.15, -0.1) is 12.4 Å². The number of nitrogens with zero attached hydrogens (tertiary/aromatic N) is 3. The zero-order valence-electron chi connectivity index (χ0n) is 15.3. The maximum absolute atomic E-state index is 12.5. The SMILES string of the molecule is CCOc1ccccc1N1CC(c2nc(CC(C)NC)no2)CC1=O.Cl. The Labute approximate surface area is 159 Å². The third-order valence-electron chi connectivity index (χ3n) is 4.40. The van der Waals surface area contributed by atoms with Crippen molar-refractivity contribution >= 4 is 24.0 Å². The molecule has 2 aromatic rings. The molecule has 0 aliphatic carbocycles. The van der Waals surface area contributed by atoms with Crippen molar-refractivity contribution in [2.45, 2.75) is 38.6 Å². The first-order valence-corrected chi connectivity index (χ1v) is 8.64. The second-order valence-electron chi connectivity index (χ2n) is 6.25. The lowest BCUT2D eigenvalue weighted by molar-refractivity contribution is -0.117. The van der Waals surface area contributed by atoms with Gasteiger partial charge in [0.1, 0.15) is 5.75 Å². The summed E-state index contributed by atoms with van der Waals surface area (Å²) >= 11 is 0. The van der Waals surface area contributed by atoms with Gasteiger partial charge >= 0.3 is 0 Å². The van der Waals surface area contributed by atoms with Crippen LogP contribution in [0, 0.1) is 0 Å². The fourth-order valence-corrected chi connectivity index (χ4v) is 2.96. The molecule has 1 aliphatic heterocycles. The van der Waals surface area contributed by atoms with Gasteiger partial charge in [-0.2, -0.15) is 4.98 Å². The number of carbonyl (C=O) groups is 1. The van der Waals surface area contributed by atoms with E-state index in [4.69, 9.17) is 9.26 Å². The molecule has 1 saturated heterocycles. The molecule has 0 radical (unpaired) electrons. The molecule has 1 aromatic carbocycles. The molecule has 2 atom stereocenters. The number of likely N-dealkylation sites (N-methyl/N-ethyl adjacent to an activating group) is 1. The number of hydrogen-bond acceptors (Lipinski definition) is 6. The van der Waals surface area contributed by atoms with E-state index in [0.29, 0.717) is 43.5 Å². The largest absolute Gasteiger partial charge is 0.492 e. The van der Waals surface area contributed by atoms with Crippen molar-refractivity contribution in [3.8, 4) is 5.75 Å². The van der Waals surface area contributed by atoms with Crippen LogP contribution in [-0.4, -0.2) is 42.3 Å². The molecule has 142 valence electrons. The van der Waals surface area contributed by atoms with Gasteiger partial charge in [0.2, 0.25) is 11.8 Å². The van der Waals surface area contributed by atoms with Gasteiger partial charge in [-0.1, -0.05) is 17.3 Å². The molecule has 8 heteroatoms. The molecule has 2 heterocycles. The van der Waals surface area contributed by atoms with Crippen LogP contribution in [0.4, 0.5) is 5.69 Å². The Morgan fingerprint density at radius 3 is 2.92 bits per heavy atom.